The van der Waals surface area contributed by atoms with E-state index in [2.05, 4.69) is 63.2 Å². The molecule has 1 aliphatic carbocycles. The Morgan fingerprint density at radius 2 is 1.35 bits per heavy atom. The Labute approximate surface area is 275 Å². The maximum atomic E-state index is 13.8. The van der Waals surface area contributed by atoms with E-state index in [1.807, 2.05) is 85.8 Å². The van der Waals surface area contributed by atoms with Gasteiger partial charge in [0.2, 0.25) is 0 Å². The standard InChI is InChI=1S/C42H49NO3/c1-5-45-41(44)40(43-39(33-20-12-7-13-21-33)34-22-14-8-15-23-34)36(32-18-10-6-11-19-32)28-29-46-38-30-31(2)26-27-37(38)42(3,4)35-24-16-9-17-25-35/h6-25,31,36-38,40H,5,26-30H2,1-4H3/t31-,36+,37-,38-,40-/m1/s1. The van der Waals surface area contributed by atoms with Gasteiger partial charge >= 0.3 is 5.97 Å². The number of ether oxygens (including phenoxy) is 2. The fourth-order valence-corrected chi connectivity index (χ4v) is 7.16. The van der Waals surface area contributed by atoms with Crippen molar-refractivity contribution < 1.29 is 14.3 Å². The van der Waals surface area contributed by atoms with Gasteiger partial charge in [-0.3, -0.25) is 4.99 Å². The number of hydrogen-bond acceptors (Lipinski definition) is 4. The van der Waals surface area contributed by atoms with E-state index < -0.39 is 6.04 Å². The molecule has 0 aliphatic heterocycles. The lowest BCUT2D eigenvalue weighted by molar-refractivity contribution is -0.145. The number of esters is 1. The van der Waals surface area contributed by atoms with Crippen molar-refractivity contribution in [2.24, 2.45) is 16.8 Å². The monoisotopic (exact) mass is 615 g/mol. The van der Waals surface area contributed by atoms with Crippen LogP contribution in [0.3, 0.4) is 0 Å². The molecule has 4 nitrogen and oxygen atoms in total. The zero-order chi connectivity index (χ0) is 32.4. The SMILES string of the molecule is CCOC(=O)[C@H](N=C(c1ccccc1)c1ccccc1)[C@@H](CCO[C@@H]1C[C@H](C)CC[C@H]1C(C)(C)c1ccccc1)c1ccccc1. The van der Waals surface area contributed by atoms with E-state index in [0.717, 1.165) is 35.2 Å². The summed E-state index contributed by atoms with van der Waals surface area (Å²) in [5.74, 6) is 0.496. The number of aliphatic imine (C=N–C) groups is 1. The maximum Gasteiger partial charge on any atom is 0.331 e. The summed E-state index contributed by atoms with van der Waals surface area (Å²) in [5.41, 5.74) is 5.12. The Morgan fingerprint density at radius 1 is 0.804 bits per heavy atom. The minimum Gasteiger partial charge on any atom is -0.464 e. The van der Waals surface area contributed by atoms with E-state index >= 15 is 0 Å². The summed E-state index contributed by atoms with van der Waals surface area (Å²) in [6.45, 7) is 9.77. The average molecular weight is 616 g/mol. The van der Waals surface area contributed by atoms with Crippen molar-refractivity contribution in [3.05, 3.63) is 144 Å². The van der Waals surface area contributed by atoms with E-state index in [1.54, 1.807) is 0 Å². The van der Waals surface area contributed by atoms with Crippen LogP contribution in [0.15, 0.2) is 126 Å². The molecule has 5 rings (SSSR count). The van der Waals surface area contributed by atoms with Crippen LogP contribution in [0.5, 0.6) is 0 Å². The van der Waals surface area contributed by atoms with Gasteiger partial charge in [-0.2, -0.15) is 0 Å². The third-order valence-corrected chi connectivity index (χ3v) is 9.76. The molecule has 4 aromatic carbocycles. The summed E-state index contributed by atoms with van der Waals surface area (Å²) < 4.78 is 12.6. The van der Waals surface area contributed by atoms with E-state index in [9.17, 15) is 4.79 Å². The molecule has 0 unspecified atom stereocenters. The lowest BCUT2D eigenvalue weighted by Gasteiger charge is -2.44. The number of benzene rings is 4. The highest BCUT2D eigenvalue weighted by molar-refractivity contribution is 6.13. The van der Waals surface area contributed by atoms with Gasteiger partial charge in [-0.1, -0.05) is 149 Å². The van der Waals surface area contributed by atoms with Gasteiger partial charge in [0.15, 0.2) is 6.04 Å². The topological polar surface area (TPSA) is 47.9 Å². The fourth-order valence-electron chi connectivity index (χ4n) is 7.16. The molecule has 1 fully saturated rings. The first-order valence-corrected chi connectivity index (χ1v) is 17.0. The second-order valence-corrected chi connectivity index (χ2v) is 13.2. The molecule has 0 heterocycles. The van der Waals surface area contributed by atoms with Crippen molar-refractivity contribution >= 4 is 11.7 Å². The van der Waals surface area contributed by atoms with Crippen LogP contribution in [-0.2, 0) is 19.7 Å². The number of carbonyl (C=O) groups is 1. The third kappa shape index (κ3) is 8.22. The second-order valence-electron chi connectivity index (χ2n) is 13.2. The third-order valence-electron chi connectivity index (χ3n) is 9.76. The minimum absolute atomic E-state index is 0.0110. The molecule has 5 atom stereocenters. The van der Waals surface area contributed by atoms with Crippen LogP contribution in [0.25, 0.3) is 0 Å². The number of carbonyl (C=O) groups excluding carboxylic acids is 1. The molecule has 4 aromatic rings. The lowest BCUT2D eigenvalue weighted by Crippen LogP contribution is -2.43. The largest absolute Gasteiger partial charge is 0.464 e. The number of hydrogen-bond donors (Lipinski definition) is 0. The van der Waals surface area contributed by atoms with Crippen molar-refractivity contribution in [2.45, 2.75) is 76.9 Å². The first-order valence-electron chi connectivity index (χ1n) is 17.0. The van der Waals surface area contributed by atoms with Gasteiger partial charge in [0, 0.05) is 23.7 Å². The van der Waals surface area contributed by atoms with Crippen molar-refractivity contribution in [1.29, 1.82) is 0 Å². The van der Waals surface area contributed by atoms with Gasteiger partial charge in [0.05, 0.1) is 18.4 Å². The van der Waals surface area contributed by atoms with Gasteiger partial charge in [0.25, 0.3) is 0 Å². The highest BCUT2D eigenvalue weighted by atomic mass is 16.5. The molecule has 0 radical (unpaired) electrons. The molecule has 46 heavy (non-hydrogen) atoms. The predicted molar refractivity (Wildman–Crippen MR) is 188 cm³/mol. The summed E-state index contributed by atoms with van der Waals surface area (Å²) in [6, 6.07) is 40.6. The molecule has 240 valence electrons. The Kier molecular flexibility index (Phi) is 11.6. The highest BCUT2D eigenvalue weighted by Gasteiger charge is 2.41. The summed E-state index contributed by atoms with van der Waals surface area (Å²) in [6.07, 6.45) is 4.20. The molecule has 0 spiro atoms. The molecule has 1 saturated carbocycles. The number of rotatable bonds is 13. The van der Waals surface area contributed by atoms with Crippen LogP contribution >= 0.6 is 0 Å². The van der Waals surface area contributed by atoms with Crippen LogP contribution < -0.4 is 0 Å². The summed E-state index contributed by atoms with van der Waals surface area (Å²) in [7, 11) is 0. The zero-order valence-corrected chi connectivity index (χ0v) is 27.8. The quantitative estimate of drug-likeness (QED) is 0.111. The number of nitrogens with zero attached hydrogens (tertiary/aromatic N) is 1. The van der Waals surface area contributed by atoms with Crippen molar-refractivity contribution in [3.63, 3.8) is 0 Å². The Hall–Kier alpha value is -4.02. The smallest absolute Gasteiger partial charge is 0.331 e. The molecular weight excluding hydrogens is 566 g/mol. The average Bonchev–Trinajstić information content (AvgIpc) is 3.09. The van der Waals surface area contributed by atoms with Crippen LogP contribution in [0.4, 0.5) is 0 Å². The van der Waals surface area contributed by atoms with Crippen LogP contribution in [0, 0.1) is 11.8 Å². The lowest BCUT2D eigenvalue weighted by atomic mass is 9.64. The first kappa shape index (κ1) is 33.3. The minimum atomic E-state index is -0.733. The van der Waals surface area contributed by atoms with Crippen LogP contribution in [-0.4, -0.2) is 37.0 Å². The summed E-state index contributed by atoms with van der Waals surface area (Å²) in [4.78, 5) is 19.1. The molecule has 4 heteroatoms. The fraction of sp³-hybridized carbons (Fsp3) is 0.381. The second kappa shape index (κ2) is 16.0. The molecule has 0 aromatic heterocycles. The Morgan fingerprint density at radius 3 is 1.91 bits per heavy atom. The van der Waals surface area contributed by atoms with E-state index in [1.165, 1.54) is 12.0 Å². The van der Waals surface area contributed by atoms with Gasteiger partial charge in [0.1, 0.15) is 0 Å². The zero-order valence-electron chi connectivity index (χ0n) is 27.8. The Bertz CT molecular complexity index is 1480. The molecule has 0 bridgehead atoms. The van der Waals surface area contributed by atoms with Gasteiger partial charge < -0.3 is 9.47 Å². The summed E-state index contributed by atoms with van der Waals surface area (Å²) >= 11 is 0. The van der Waals surface area contributed by atoms with Crippen LogP contribution in [0.2, 0.25) is 0 Å². The van der Waals surface area contributed by atoms with Crippen molar-refractivity contribution in [2.75, 3.05) is 13.2 Å². The molecule has 0 amide bonds. The van der Waals surface area contributed by atoms with Gasteiger partial charge in [-0.05, 0) is 54.6 Å². The molecule has 0 N–H and O–H groups in total. The predicted octanol–water partition coefficient (Wildman–Crippen LogP) is 9.43. The highest BCUT2D eigenvalue weighted by Crippen LogP contribution is 2.44. The van der Waals surface area contributed by atoms with Crippen molar-refractivity contribution in [1.82, 2.24) is 0 Å². The molecule has 1 aliphatic rings. The maximum absolute atomic E-state index is 13.8. The first-order chi connectivity index (χ1) is 22.4. The van der Waals surface area contributed by atoms with E-state index in [0.29, 0.717) is 31.5 Å². The normalized spacial score (nSPS) is 19.5. The van der Waals surface area contributed by atoms with E-state index in [4.69, 9.17) is 14.5 Å². The molecular formula is C42H49NO3. The van der Waals surface area contributed by atoms with Gasteiger partial charge in [-0.15, -0.1) is 0 Å². The van der Waals surface area contributed by atoms with Crippen LogP contribution in [0.1, 0.15) is 81.5 Å². The van der Waals surface area contributed by atoms with E-state index in [-0.39, 0.29) is 23.4 Å². The Balaban J connectivity index is 1.47. The van der Waals surface area contributed by atoms with Crippen molar-refractivity contribution in [3.8, 4) is 0 Å². The van der Waals surface area contributed by atoms with Gasteiger partial charge in [-0.25, -0.2) is 4.79 Å². The molecule has 0 saturated heterocycles. The summed E-state index contributed by atoms with van der Waals surface area (Å²) in [5, 5.41) is 0.